The van der Waals surface area contributed by atoms with Crippen LogP contribution < -0.4 is 16.4 Å². The number of nitrogens with two attached hydrogens (primary N) is 2. The highest BCUT2D eigenvalue weighted by Gasteiger charge is 2.40. The molecule has 4 rings (SSSR count). The minimum absolute atomic E-state index is 0.0192. The number of ether oxygens (including phenoxy) is 1. The van der Waals surface area contributed by atoms with E-state index in [9.17, 15) is 4.79 Å². The third-order valence-corrected chi connectivity index (χ3v) is 12.5. The molecule has 0 saturated heterocycles. The van der Waals surface area contributed by atoms with Crippen LogP contribution in [0.1, 0.15) is 47.2 Å². The highest BCUT2D eigenvalue weighted by Crippen LogP contribution is 2.44. The second kappa shape index (κ2) is 10.5. The first-order chi connectivity index (χ1) is 18.4. The number of rotatable bonds is 4. The minimum Gasteiger partial charge on any atom is -0.443 e. The van der Waals surface area contributed by atoms with Crippen LogP contribution >= 0.6 is 11.6 Å². The summed E-state index contributed by atoms with van der Waals surface area (Å²) >= 11 is 6.39. The summed E-state index contributed by atoms with van der Waals surface area (Å²) in [6.07, 6.45) is 2.97. The van der Waals surface area contributed by atoms with E-state index in [0.29, 0.717) is 47.3 Å². The van der Waals surface area contributed by atoms with E-state index in [2.05, 4.69) is 43.8 Å². The molecule has 1 atom stereocenters. The van der Waals surface area contributed by atoms with Gasteiger partial charge in [-0.3, -0.25) is 9.88 Å². The summed E-state index contributed by atoms with van der Waals surface area (Å²) in [5.41, 5.74) is 13.6. The third kappa shape index (κ3) is 5.89. The van der Waals surface area contributed by atoms with E-state index in [1.165, 1.54) is 17.3 Å². The Morgan fingerprint density at radius 1 is 1.12 bits per heavy atom. The van der Waals surface area contributed by atoms with Crippen molar-refractivity contribution in [1.82, 2.24) is 9.97 Å². The number of halogens is 2. The number of aromatic nitrogens is 2. The van der Waals surface area contributed by atoms with Gasteiger partial charge in [-0.25, -0.2) is 14.2 Å². The Balaban J connectivity index is 1.79. The second-order valence-corrected chi connectivity index (χ2v) is 18.2. The molecule has 1 aromatic carbocycles. The van der Waals surface area contributed by atoms with E-state index in [1.54, 1.807) is 32.9 Å². The van der Waals surface area contributed by atoms with Crippen LogP contribution in [0.25, 0.3) is 21.9 Å². The summed E-state index contributed by atoms with van der Waals surface area (Å²) in [5.74, 6) is -0.400. The predicted octanol–water partition coefficient (Wildman–Crippen LogP) is 7.19. The maximum absolute atomic E-state index is 15.6. The van der Waals surface area contributed by atoms with Crippen LogP contribution in [0.2, 0.25) is 23.2 Å². The van der Waals surface area contributed by atoms with Crippen molar-refractivity contribution < 1.29 is 18.3 Å². The molecule has 3 aromatic rings. The fourth-order valence-corrected chi connectivity index (χ4v) is 5.83. The Kier molecular flexibility index (Phi) is 7.85. The monoisotopic (exact) mass is 587 g/mol. The van der Waals surface area contributed by atoms with Crippen LogP contribution in [0.4, 0.5) is 26.4 Å². The fraction of sp³-hybridized carbons (Fsp3) is 0.483. The Morgan fingerprint density at radius 2 is 1.80 bits per heavy atom. The van der Waals surface area contributed by atoms with Crippen LogP contribution in [-0.2, 0) is 15.6 Å². The molecule has 1 unspecified atom stereocenters. The Bertz CT molecular complexity index is 1470. The maximum atomic E-state index is 15.6. The van der Waals surface area contributed by atoms with Crippen molar-refractivity contribution in [2.75, 3.05) is 29.5 Å². The van der Waals surface area contributed by atoms with Gasteiger partial charge in [-0.05, 0) is 62.8 Å². The van der Waals surface area contributed by atoms with Crippen molar-refractivity contribution >= 4 is 54.0 Å². The van der Waals surface area contributed by atoms with Crippen molar-refractivity contribution in [3.8, 4) is 11.1 Å². The molecule has 0 radical (unpaired) electrons. The molecule has 1 aliphatic heterocycles. The molecule has 0 bridgehead atoms. The summed E-state index contributed by atoms with van der Waals surface area (Å²) in [6, 6.07) is 3.23. The van der Waals surface area contributed by atoms with Crippen molar-refractivity contribution in [3.05, 3.63) is 41.1 Å². The van der Waals surface area contributed by atoms with Crippen LogP contribution in [0.3, 0.4) is 0 Å². The van der Waals surface area contributed by atoms with Crippen LogP contribution in [-0.4, -0.2) is 43.1 Å². The lowest BCUT2D eigenvalue weighted by Crippen LogP contribution is -2.47. The molecule has 1 amide bonds. The Morgan fingerprint density at radius 3 is 2.42 bits per heavy atom. The molecule has 8 nitrogen and oxygen atoms in total. The minimum atomic E-state index is -2.02. The molecule has 3 heterocycles. The number of hydrogen-bond acceptors (Lipinski definition) is 7. The quantitative estimate of drug-likeness (QED) is 0.310. The summed E-state index contributed by atoms with van der Waals surface area (Å²) in [7, 11) is -2.02. The molecule has 216 valence electrons. The van der Waals surface area contributed by atoms with Crippen molar-refractivity contribution in [1.29, 1.82) is 0 Å². The molecule has 0 fully saturated rings. The number of nitrogens with zero attached hydrogens (tertiary/aromatic N) is 3. The topological polar surface area (TPSA) is 117 Å². The molecule has 4 N–H and O–H groups in total. The van der Waals surface area contributed by atoms with Gasteiger partial charge in [0.1, 0.15) is 17.2 Å². The summed E-state index contributed by atoms with van der Waals surface area (Å²) in [5, 5.41) is 0.997. The van der Waals surface area contributed by atoms with Crippen LogP contribution in [0.15, 0.2) is 24.5 Å². The van der Waals surface area contributed by atoms with Crippen molar-refractivity contribution in [2.45, 2.75) is 71.7 Å². The number of anilines is 3. The van der Waals surface area contributed by atoms with E-state index in [1.807, 2.05) is 0 Å². The number of benzene rings is 1. The lowest BCUT2D eigenvalue weighted by atomic mass is 9.93. The smallest absolute Gasteiger partial charge is 0.414 e. The molecule has 0 spiro atoms. The Labute approximate surface area is 241 Å². The zero-order chi connectivity index (χ0) is 29.8. The van der Waals surface area contributed by atoms with Gasteiger partial charge in [0, 0.05) is 48.0 Å². The predicted molar refractivity (Wildman–Crippen MR) is 163 cm³/mol. The first-order valence-corrected chi connectivity index (χ1v) is 16.6. The molecule has 1 aliphatic rings. The normalized spacial score (nSPS) is 16.2. The third-order valence-electron chi connectivity index (χ3n) is 7.67. The van der Waals surface area contributed by atoms with Gasteiger partial charge < -0.3 is 20.6 Å². The first kappa shape index (κ1) is 30.0. The molecular formula is C29H39ClFN5O3Si. The average molecular weight is 588 g/mol. The molecule has 0 aliphatic carbocycles. The Hall–Kier alpha value is -2.95. The van der Waals surface area contributed by atoms with Crippen molar-refractivity contribution in [3.63, 3.8) is 0 Å². The first-order valence-electron chi connectivity index (χ1n) is 13.3. The van der Waals surface area contributed by atoms with E-state index in [0.717, 1.165) is 0 Å². The number of carbonyl (C=O) groups excluding carboxylic acids is 1. The number of amides is 1. The van der Waals surface area contributed by atoms with E-state index in [-0.39, 0.29) is 33.0 Å². The lowest BCUT2D eigenvalue weighted by molar-refractivity contribution is 0.0566. The summed E-state index contributed by atoms with van der Waals surface area (Å²) < 4.78 is 27.8. The van der Waals surface area contributed by atoms with E-state index >= 15 is 4.39 Å². The SMILES string of the molecule is CC(C)(C)OC(=O)N1CC(CO[Si](C)(C)C(C)(C)C)Cc2ncc(-c3cc4cc(N)ncc4c(Cl)c3F)c(N)c21. The standard InChI is InChI=1S/C29H39ClFN5O3Si/c1-28(2,3)39-27(37)36-14-16(15-38-40(7,8)29(4,5)6)9-21-26(36)25(33)20(13-34-21)18-10-17-11-22(32)35-12-19(17)23(30)24(18)31/h10-13,16H,9,14-15H2,1-8H3,(H2,32,35)(H2,33,34). The summed E-state index contributed by atoms with van der Waals surface area (Å²) in [6.45, 7) is 17.2. The van der Waals surface area contributed by atoms with Crippen LogP contribution in [0, 0.1) is 11.7 Å². The van der Waals surface area contributed by atoms with Gasteiger partial charge in [-0.2, -0.15) is 0 Å². The molecule has 11 heteroatoms. The summed E-state index contributed by atoms with van der Waals surface area (Å²) in [4.78, 5) is 23.7. The molecule has 0 saturated carbocycles. The van der Waals surface area contributed by atoms with Crippen molar-refractivity contribution in [2.24, 2.45) is 5.92 Å². The zero-order valence-corrected chi connectivity index (χ0v) is 26.2. The number of carbonyl (C=O) groups is 1. The van der Waals surface area contributed by atoms with E-state index < -0.39 is 25.8 Å². The van der Waals surface area contributed by atoms with Gasteiger partial charge in [0.2, 0.25) is 0 Å². The number of nitrogen functional groups attached to an aromatic ring is 2. The second-order valence-electron chi connectivity index (χ2n) is 13.0. The maximum Gasteiger partial charge on any atom is 0.414 e. The number of fused-ring (bicyclic) bond motifs is 2. The van der Waals surface area contributed by atoms with Crippen LogP contribution in [0.5, 0.6) is 0 Å². The molecule has 2 aromatic heterocycles. The van der Waals surface area contributed by atoms with Gasteiger partial charge in [-0.15, -0.1) is 0 Å². The fourth-order valence-electron chi connectivity index (χ4n) is 4.49. The lowest BCUT2D eigenvalue weighted by Gasteiger charge is -2.40. The largest absolute Gasteiger partial charge is 0.443 e. The molecular weight excluding hydrogens is 549 g/mol. The van der Waals surface area contributed by atoms with Gasteiger partial charge in [0.15, 0.2) is 8.32 Å². The van der Waals surface area contributed by atoms with Gasteiger partial charge >= 0.3 is 6.09 Å². The number of hydrogen-bond donors (Lipinski definition) is 2. The van der Waals surface area contributed by atoms with Gasteiger partial charge in [0.05, 0.1) is 22.1 Å². The van der Waals surface area contributed by atoms with Gasteiger partial charge in [0.25, 0.3) is 0 Å². The van der Waals surface area contributed by atoms with Gasteiger partial charge in [-0.1, -0.05) is 32.4 Å². The highest BCUT2D eigenvalue weighted by molar-refractivity contribution is 6.74. The highest BCUT2D eigenvalue weighted by atomic mass is 35.5. The molecule has 40 heavy (non-hydrogen) atoms. The average Bonchev–Trinajstić information content (AvgIpc) is 2.83. The zero-order valence-electron chi connectivity index (χ0n) is 24.5. The van der Waals surface area contributed by atoms with E-state index in [4.69, 9.17) is 32.2 Å². The number of pyridine rings is 2.